The molecule has 0 saturated carbocycles. The Bertz CT molecular complexity index is 1580. The third-order valence-electron chi connectivity index (χ3n) is 6.84. The standard InChI is InChI=1S/C33H29N3O3S/c1-3-37-25-15-9-23(10-16-25)29-19-20-30(39-29)32-31(28-6-4-5-21-34-28)35-33(40)36(32)24-11-17-27(18-12-24)38-26-13-7-22(2)8-14-26/h4-21,31-32H,3H2,1-2H3,(H,35,40)/t31-,32-/m1/s1. The molecule has 200 valence electrons. The van der Waals surface area contributed by atoms with Crippen LogP contribution in [0.5, 0.6) is 17.2 Å². The molecule has 3 aromatic carbocycles. The second-order valence-corrected chi connectivity index (χ2v) is 9.95. The van der Waals surface area contributed by atoms with Crippen LogP contribution in [0.4, 0.5) is 5.69 Å². The first-order valence-electron chi connectivity index (χ1n) is 13.3. The molecule has 5 aromatic rings. The Morgan fingerprint density at radius 3 is 2.23 bits per heavy atom. The number of aromatic nitrogens is 1. The van der Waals surface area contributed by atoms with Gasteiger partial charge in [-0.05, 0) is 111 Å². The van der Waals surface area contributed by atoms with Gasteiger partial charge >= 0.3 is 0 Å². The lowest BCUT2D eigenvalue weighted by Crippen LogP contribution is -2.29. The molecule has 1 aliphatic heterocycles. The molecular formula is C33H29N3O3S. The lowest BCUT2D eigenvalue weighted by molar-refractivity contribution is 0.340. The summed E-state index contributed by atoms with van der Waals surface area (Å²) in [5.74, 6) is 3.94. The molecule has 6 nitrogen and oxygen atoms in total. The minimum absolute atomic E-state index is 0.198. The molecule has 0 unspecified atom stereocenters. The van der Waals surface area contributed by atoms with Gasteiger partial charge in [0.1, 0.15) is 34.8 Å². The zero-order valence-electron chi connectivity index (χ0n) is 22.3. The molecule has 0 aliphatic carbocycles. The second kappa shape index (κ2) is 11.2. The van der Waals surface area contributed by atoms with E-state index in [4.69, 9.17) is 26.1 Å². The Labute approximate surface area is 239 Å². The Morgan fingerprint density at radius 2 is 1.55 bits per heavy atom. The Hall–Kier alpha value is -4.62. The average molecular weight is 548 g/mol. The number of thiocarbonyl (C=S) groups is 1. The summed E-state index contributed by atoms with van der Waals surface area (Å²) >= 11 is 5.87. The normalized spacial score (nSPS) is 16.6. The summed E-state index contributed by atoms with van der Waals surface area (Å²) < 4.78 is 18.1. The van der Waals surface area contributed by atoms with Gasteiger partial charge in [-0.3, -0.25) is 4.98 Å². The highest BCUT2D eigenvalue weighted by molar-refractivity contribution is 7.80. The van der Waals surface area contributed by atoms with Crippen LogP contribution in [0.1, 0.15) is 36.0 Å². The fourth-order valence-electron chi connectivity index (χ4n) is 4.89. The zero-order chi connectivity index (χ0) is 27.5. The van der Waals surface area contributed by atoms with E-state index in [0.29, 0.717) is 11.7 Å². The van der Waals surface area contributed by atoms with Gasteiger partial charge in [0, 0.05) is 17.4 Å². The number of ether oxygens (including phenoxy) is 2. The van der Waals surface area contributed by atoms with Gasteiger partial charge in [-0.1, -0.05) is 23.8 Å². The minimum atomic E-state index is -0.247. The van der Waals surface area contributed by atoms with E-state index in [1.807, 2.05) is 110 Å². The number of furan rings is 1. The molecule has 7 heteroatoms. The Balaban J connectivity index is 1.32. The van der Waals surface area contributed by atoms with Crippen LogP contribution in [0.25, 0.3) is 11.3 Å². The first-order chi connectivity index (χ1) is 19.6. The number of anilines is 1. The molecule has 2 atom stereocenters. The van der Waals surface area contributed by atoms with Crippen molar-refractivity contribution in [2.45, 2.75) is 25.9 Å². The third-order valence-corrected chi connectivity index (χ3v) is 7.15. The van der Waals surface area contributed by atoms with Crippen molar-refractivity contribution in [3.8, 4) is 28.6 Å². The summed E-state index contributed by atoms with van der Waals surface area (Å²) in [6, 6.07) is 33.3. The fourth-order valence-corrected chi connectivity index (χ4v) is 5.23. The number of nitrogens with one attached hydrogen (secondary N) is 1. The molecule has 2 aromatic heterocycles. The zero-order valence-corrected chi connectivity index (χ0v) is 23.1. The van der Waals surface area contributed by atoms with Crippen molar-refractivity contribution in [2.75, 3.05) is 11.5 Å². The van der Waals surface area contributed by atoms with E-state index >= 15 is 0 Å². The maximum absolute atomic E-state index is 6.48. The molecule has 40 heavy (non-hydrogen) atoms. The van der Waals surface area contributed by atoms with Crippen LogP contribution in [0.15, 0.2) is 114 Å². The van der Waals surface area contributed by atoms with Gasteiger partial charge in [-0.25, -0.2) is 0 Å². The van der Waals surface area contributed by atoms with Crippen LogP contribution >= 0.6 is 12.2 Å². The van der Waals surface area contributed by atoms with E-state index in [1.165, 1.54) is 5.56 Å². The van der Waals surface area contributed by atoms with Crippen molar-refractivity contribution < 1.29 is 13.9 Å². The van der Waals surface area contributed by atoms with E-state index < -0.39 is 0 Å². The van der Waals surface area contributed by atoms with Gasteiger partial charge in [-0.15, -0.1) is 0 Å². The maximum Gasteiger partial charge on any atom is 0.174 e. The highest BCUT2D eigenvalue weighted by Crippen LogP contribution is 2.43. The van der Waals surface area contributed by atoms with Gasteiger partial charge in [0.05, 0.1) is 18.3 Å². The van der Waals surface area contributed by atoms with E-state index in [0.717, 1.165) is 45.7 Å². The Kier molecular flexibility index (Phi) is 7.21. The number of nitrogens with zero attached hydrogens (tertiary/aromatic N) is 2. The van der Waals surface area contributed by atoms with E-state index in [2.05, 4.69) is 22.1 Å². The average Bonchev–Trinajstić information content (AvgIpc) is 3.60. The maximum atomic E-state index is 6.48. The predicted octanol–water partition coefficient (Wildman–Crippen LogP) is 8.02. The van der Waals surface area contributed by atoms with Gasteiger partial charge in [0.25, 0.3) is 0 Å². The molecule has 1 aliphatic rings. The number of aryl methyl sites for hydroxylation is 1. The number of hydrogen-bond acceptors (Lipinski definition) is 5. The quantitative estimate of drug-likeness (QED) is 0.197. The largest absolute Gasteiger partial charge is 0.494 e. The highest BCUT2D eigenvalue weighted by Gasteiger charge is 2.42. The van der Waals surface area contributed by atoms with Crippen LogP contribution in [0.3, 0.4) is 0 Å². The summed E-state index contributed by atoms with van der Waals surface area (Å²) in [5, 5.41) is 4.09. The first-order valence-corrected chi connectivity index (χ1v) is 13.7. The van der Waals surface area contributed by atoms with Crippen molar-refractivity contribution >= 4 is 23.0 Å². The van der Waals surface area contributed by atoms with Crippen molar-refractivity contribution in [3.63, 3.8) is 0 Å². The highest BCUT2D eigenvalue weighted by atomic mass is 32.1. The molecular weight excluding hydrogens is 518 g/mol. The van der Waals surface area contributed by atoms with Gasteiger partial charge in [0.15, 0.2) is 5.11 Å². The number of hydrogen-bond donors (Lipinski definition) is 1. The van der Waals surface area contributed by atoms with Crippen LogP contribution < -0.4 is 19.7 Å². The molecule has 0 bridgehead atoms. The van der Waals surface area contributed by atoms with E-state index in [-0.39, 0.29) is 12.1 Å². The third kappa shape index (κ3) is 5.28. The van der Waals surface area contributed by atoms with Gasteiger partial charge in [-0.2, -0.15) is 0 Å². The smallest absolute Gasteiger partial charge is 0.174 e. The monoisotopic (exact) mass is 547 g/mol. The summed E-state index contributed by atoms with van der Waals surface area (Å²) in [7, 11) is 0. The lowest BCUT2D eigenvalue weighted by atomic mass is 10.0. The summed E-state index contributed by atoms with van der Waals surface area (Å²) in [4.78, 5) is 6.72. The van der Waals surface area contributed by atoms with E-state index in [1.54, 1.807) is 6.20 Å². The van der Waals surface area contributed by atoms with Crippen molar-refractivity contribution in [1.29, 1.82) is 0 Å². The predicted molar refractivity (Wildman–Crippen MR) is 161 cm³/mol. The van der Waals surface area contributed by atoms with Crippen molar-refractivity contribution in [3.05, 3.63) is 126 Å². The van der Waals surface area contributed by atoms with Crippen LogP contribution in [-0.2, 0) is 0 Å². The fraction of sp³-hybridized carbons (Fsp3) is 0.152. The second-order valence-electron chi connectivity index (χ2n) is 9.57. The first kappa shape index (κ1) is 25.6. The van der Waals surface area contributed by atoms with Crippen molar-refractivity contribution in [1.82, 2.24) is 10.3 Å². The topological polar surface area (TPSA) is 59.8 Å². The molecule has 1 N–H and O–H groups in total. The lowest BCUT2D eigenvalue weighted by Gasteiger charge is -2.26. The van der Waals surface area contributed by atoms with E-state index in [9.17, 15) is 0 Å². The number of rotatable bonds is 8. The van der Waals surface area contributed by atoms with Gasteiger partial charge in [0.2, 0.25) is 0 Å². The van der Waals surface area contributed by atoms with Gasteiger partial charge < -0.3 is 24.1 Å². The minimum Gasteiger partial charge on any atom is -0.494 e. The van der Waals surface area contributed by atoms with Crippen LogP contribution in [0, 0.1) is 6.92 Å². The summed E-state index contributed by atoms with van der Waals surface area (Å²) in [6.07, 6.45) is 1.80. The SMILES string of the molecule is CCOc1ccc(-c2ccc([C@@H]3[C@@H](c4ccccn4)NC(=S)N3c3ccc(Oc4ccc(C)cc4)cc3)o2)cc1. The molecule has 0 radical (unpaired) electrons. The molecule has 0 spiro atoms. The number of benzene rings is 3. The number of pyridine rings is 1. The summed E-state index contributed by atoms with van der Waals surface area (Å²) in [5.41, 5.74) is 3.98. The van der Waals surface area contributed by atoms with Crippen LogP contribution in [-0.4, -0.2) is 16.7 Å². The van der Waals surface area contributed by atoms with Crippen molar-refractivity contribution in [2.24, 2.45) is 0 Å². The Morgan fingerprint density at radius 1 is 0.850 bits per heavy atom. The molecule has 1 fully saturated rings. The van der Waals surface area contributed by atoms with Crippen LogP contribution in [0.2, 0.25) is 0 Å². The molecule has 0 amide bonds. The molecule has 6 rings (SSSR count). The molecule has 1 saturated heterocycles. The summed E-state index contributed by atoms with van der Waals surface area (Å²) in [6.45, 7) is 4.66. The molecule has 3 heterocycles.